The fourth-order valence-corrected chi connectivity index (χ4v) is 6.96. The summed E-state index contributed by atoms with van der Waals surface area (Å²) in [5.74, 6) is -2.94. The van der Waals surface area contributed by atoms with Crippen molar-refractivity contribution in [1.82, 2.24) is 39.1 Å². The molecule has 4 fully saturated rings. The Morgan fingerprint density at radius 3 is 2.57 bits per heavy atom. The lowest BCUT2D eigenvalue weighted by Gasteiger charge is -2.43. The molecule has 224 valence electrons. The Bertz CT molecular complexity index is 1470. The minimum atomic E-state index is -2.73. The average Bonchev–Trinajstić information content (AvgIpc) is 3.73. The van der Waals surface area contributed by atoms with E-state index in [1.54, 1.807) is 21.6 Å². The Labute approximate surface area is 242 Å². The maximum atomic E-state index is 13.8. The van der Waals surface area contributed by atoms with Crippen molar-refractivity contribution in [3.8, 4) is 0 Å². The van der Waals surface area contributed by atoms with E-state index in [9.17, 15) is 18.4 Å². The van der Waals surface area contributed by atoms with Crippen LogP contribution in [0.4, 0.5) is 26.1 Å². The van der Waals surface area contributed by atoms with E-state index < -0.39 is 11.8 Å². The minimum Gasteiger partial charge on any atom is -0.364 e. The van der Waals surface area contributed by atoms with Gasteiger partial charge in [-0.05, 0) is 38.4 Å². The number of carbonyl (C=O) groups excluding carboxylic acids is 2. The summed E-state index contributed by atoms with van der Waals surface area (Å²) in [6.07, 6.45) is 6.76. The number of aromatic nitrogens is 5. The molecule has 4 aliphatic rings. The molecule has 3 aromatic rings. The number of rotatable bonds is 6. The highest BCUT2D eigenvalue weighted by Crippen LogP contribution is 2.42. The van der Waals surface area contributed by atoms with E-state index in [4.69, 9.17) is 4.98 Å². The SMILES string of the molecule is CN1CCN(C(=O)Cn2cc(Nc3nc4c(N5CC6CCC(C5)N6C(=O)C5CCC(F)(F)C5)cccn4n3)cn2)CC1. The van der Waals surface area contributed by atoms with Crippen LogP contribution < -0.4 is 10.2 Å². The van der Waals surface area contributed by atoms with Crippen molar-refractivity contribution in [2.45, 2.75) is 56.7 Å². The van der Waals surface area contributed by atoms with Crippen LogP contribution in [0.3, 0.4) is 0 Å². The van der Waals surface area contributed by atoms with Gasteiger partial charge in [-0.15, -0.1) is 5.10 Å². The highest BCUT2D eigenvalue weighted by atomic mass is 19.3. The van der Waals surface area contributed by atoms with Crippen LogP contribution in [0.25, 0.3) is 5.65 Å². The highest BCUT2D eigenvalue weighted by Gasteiger charge is 2.49. The number of piperazine rings is 2. The van der Waals surface area contributed by atoms with Crippen LogP contribution in [0.2, 0.25) is 0 Å². The van der Waals surface area contributed by atoms with Gasteiger partial charge in [0, 0.05) is 82.5 Å². The number of halogens is 2. The summed E-state index contributed by atoms with van der Waals surface area (Å²) in [4.78, 5) is 38.9. The highest BCUT2D eigenvalue weighted by molar-refractivity contribution is 5.81. The molecule has 0 aromatic carbocycles. The zero-order valence-corrected chi connectivity index (χ0v) is 23.7. The van der Waals surface area contributed by atoms with Crippen LogP contribution in [0.1, 0.15) is 32.1 Å². The van der Waals surface area contributed by atoms with Gasteiger partial charge in [0.1, 0.15) is 6.54 Å². The zero-order chi connectivity index (χ0) is 29.0. The Morgan fingerprint density at radius 2 is 1.86 bits per heavy atom. The van der Waals surface area contributed by atoms with Crippen LogP contribution in [0, 0.1) is 5.92 Å². The molecule has 6 heterocycles. The maximum absolute atomic E-state index is 13.8. The molecule has 0 spiro atoms. The van der Waals surface area contributed by atoms with Crippen molar-refractivity contribution in [2.24, 2.45) is 5.92 Å². The van der Waals surface area contributed by atoms with E-state index in [1.807, 2.05) is 28.1 Å². The van der Waals surface area contributed by atoms with Crippen LogP contribution in [-0.2, 0) is 16.1 Å². The smallest absolute Gasteiger partial charge is 0.248 e. The van der Waals surface area contributed by atoms with Crippen molar-refractivity contribution in [3.63, 3.8) is 0 Å². The standard InChI is InChI=1S/C28H36F2N10O2/c1-35-9-11-36(12-10-35)24(41)18-38-15-20(14-31-38)32-27-33-25-23(3-2-8-39(25)34-27)37-16-21-4-5-22(17-37)40(21)26(42)19-6-7-28(29,30)13-19/h2-3,8,14-15,19,21-22H,4-7,9-13,16-18H2,1H3,(H,32,34). The number of nitrogens with zero attached hydrogens (tertiary/aromatic N) is 9. The average molecular weight is 583 g/mol. The summed E-state index contributed by atoms with van der Waals surface area (Å²) < 4.78 is 31.0. The molecule has 3 aromatic heterocycles. The molecule has 12 nitrogen and oxygen atoms in total. The first kappa shape index (κ1) is 27.0. The second kappa shape index (κ2) is 10.5. The molecule has 3 unspecified atom stereocenters. The number of anilines is 3. The van der Waals surface area contributed by atoms with Crippen LogP contribution >= 0.6 is 0 Å². The maximum Gasteiger partial charge on any atom is 0.248 e. The molecular formula is C28H36F2N10O2. The van der Waals surface area contributed by atoms with Crippen LogP contribution in [-0.4, -0.2) is 115 Å². The molecule has 3 aliphatic heterocycles. The van der Waals surface area contributed by atoms with E-state index in [1.165, 1.54) is 0 Å². The summed E-state index contributed by atoms with van der Waals surface area (Å²) in [7, 11) is 2.06. The van der Waals surface area contributed by atoms with Gasteiger partial charge < -0.3 is 24.9 Å². The second-order valence-corrected chi connectivity index (χ2v) is 12.2. The quantitative estimate of drug-likeness (QED) is 0.471. The van der Waals surface area contributed by atoms with E-state index in [-0.39, 0.29) is 49.7 Å². The van der Waals surface area contributed by atoms with E-state index >= 15 is 0 Å². The summed E-state index contributed by atoms with van der Waals surface area (Å²) in [5.41, 5.74) is 2.29. The van der Waals surface area contributed by atoms with Gasteiger partial charge in [0.2, 0.25) is 23.7 Å². The molecule has 3 atom stereocenters. The predicted molar refractivity (Wildman–Crippen MR) is 151 cm³/mol. The number of hydrogen-bond acceptors (Lipinski definition) is 8. The number of carbonyl (C=O) groups is 2. The number of alkyl halides is 2. The minimum absolute atomic E-state index is 0.00522. The molecule has 2 bridgehead atoms. The lowest BCUT2D eigenvalue weighted by Crippen LogP contribution is -2.57. The molecule has 1 N–H and O–H groups in total. The lowest BCUT2D eigenvalue weighted by molar-refractivity contribution is -0.139. The number of amides is 2. The van der Waals surface area contributed by atoms with Gasteiger partial charge in [-0.25, -0.2) is 13.3 Å². The Morgan fingerprint density at radius 1 is 1.10 bits per heavy atom. The van der Waals surface area contributed by atoms with E-state index in [2.05, 4.69) is 32.4 Å². The van der Waals surface area contributed by atoms with Gasteiger partial charge in [0.05, 0.1) is 17.6 Å². The predicted octanol–water partition coefficient (Wildman–Crippen LogP) is 2.06. The Hall–Kier alpha value is -3.81. The molecule has 3 saturated heterocycles. The molecule has 1 aliphatic carbocycles. The topological polar surface area (TPSA) is 107 Å². The fourth-order valence-electron chi connectivity index (χ4n) is 6.96. The van der Waals surface area contributed by atoms with Gasteiger partial charge in [0.25, 0.3) is 0 Å². The Balaban J connectivity index is 1.02. The van der Waals surface area contributed by atoms with Crippen molar-refractivity contribution in [2.75, 3.05) is 56.5 Å². The number of pyridine rings is 1. The summed E-state index contributed by atoms with van der Waals surface area (Å²) >= 11 is 0. The van der Waals surface area contributed by atoms with Crippen molar-refractivity contribution < 1.29 is 18.4 Å². The van der Waals surface area contributed by atoms with Gasteiger partial charge >= 0.3 is 0 Å². The number of nitrogens with one attached hydrogen (secondary N) is 1. The van der Waals surface area contributed by atoms with E-state index in [0.717, 1.165) is 44.7 Å². The number of hydrogen-bond donors (Lipinski definition) is 1. The molecule has 7 rings (SSSR count). The van der Waals surface area contributed by atoms with Crippen molar-refractivity contribution >= 4 is 34.8 Å². The summed E-state index contributed by atoms with van der Waals surface area (Å²) in [5, 5.41) is 12.1. The second-order valence-electron chi connectivity index (χ2n) is 12.2. The monoisotopic (exact) mass is 582 g/mol. The molecule has 42 heavy (non-hydrogen) atoms. The van der Waals surface area contributed by atoms with E-state index in [0.29, 0.717) is 30.4 Å². The summed E-state index contributed by atoms with van der Waals surface area (Å²) in [6.45, 7) is 4.63. The largest absolute Gasteiger partial charge is 0.364 e. The third-order valence-electron chi connectivity index (χ3n) is 9.21. The zero-order valence-electron chi connectivity index (χ0n) is 23.7. The molecule has 1 saturated carbocycles. The van der Waals surface area contributed by atoms with Gasteiger partial charge in [-0.3, -0.25) is 14.3 Å². The first-order valence-electron chi connectivity index (χ1n) is 14.8. The third kappa shape index (κ3) is 5.16. The van der Waals surface area contributed by atoms with Gasteiger partial charge in [-0.1, -0.05) is 0 Å². The Kier molecular flexibility index (Phi) is 6.75. The van der Waals surface area contributed by atoms with Gasteiger partial charge in [0.15, 0.2) is 5.65 Å². The first-order valence-corrected chi connectivity index (χ1v) is 14.8. The normalized spacial score (nSPS) is 25.9. The third-order valence-corrected chi connectivity index (χ3v) is 9.21. The van der Waals surface area contributed by atoms with Crippen molar-refractivity contribution in [3.05, 3.63) is 30.7 Å². The molecule has 14 heteroatoms. The lowest BCUT2D eigenvalue weighted by atomic mass is 10.0. The fraction of sp³-hybridized carbons (Fsp3) is 0.607. The number of likely N-dealkylation sites (N-methyl/N-ethyl adjacent to an activating group) is 1. The molecule has 2 amide bonds. The van der Waals surface area contributed by atoms with Gasteiger partial charge in [-0.2, -0.15) is 10.1 Å². The molecular weight excluding hydrogens is 546 g/mol. The van der Waals surface area contributed by atoms with Crippen LogP contribution in [0.5, 0.6) is 0 Å². The first-order chi connectivity index (χ1) is 20.2. The number of fused-ring (bicyclic) bond motifs is 3. The summed E-state index contributed by atoms with van der Waals surface area (Å²) in [6, 6.07) is 3.93. The van der Waals surface area contributed by atoms with Crippen LogP contribution in [0.15, 0.2) is 30.7 Å². The van der Waals surface area contributed by atoms with Crippen molar-refractivity contribution in [1.29, 1.82) is 0 Å². The molecule has 0 radical (unpaired) electrons.